The summed E-state index contributed by atoms with van der Waals surface area (Å²) < 4.78 is 52.7. The van der Waals surface area contributed by atoms with Crippen LogP contribution >= 0.6 is 23.2 Å². The molecule has 246 valence electrons. The SMILES string of the molecule is Cc1cccc(NCCOC(=O)NC(COCc2ccccc2)C(=O)NC(CC(=O)OC(=O)C(F)(F)F)c2cc(Cl)cc(Cl)c2)n1. The van der Waals surface area contributed by atoms with Crippen molar-refractivity contribution in [3.63, 3.8) is 0 Å². The molecule has 0 saturated carbocycles. The van der Waals surface area contributed by atoms with Crippen LogP contribution in [0.15, 0.2) is 66.7 Å². The summed E-state index contributed by atoms with van der Waals surface area (Å²) in [6.07, 6.45) is -7.34. The molecular weight excluding hydrogens is 656 g/mol. The molecule has 0 spiro atoms. The highest BCUT2D eigenvalue weighted by atomic mass is 35.5. The minimum Gasteiger partial charge on any atom is -0.448 e. The number of pyridine rings is 1. The number of aryl methyl sites for hydroxylation is 1. The maximum atomic E-state index is 13.4. The van der Waals surface area contributed by atoms with Gasteiger partial charge in [-0.2, -0.15) is 13.2 Å². The molecule has 46 heavy (non-hydrogen) atoms. The first-order valence-corrected chi connectivity index (χ1v) is 14.4. The number of anilines is 1. The Morgan fingerprint density at radius 3 is 2.28 bits per heavy atom. The third kappa shape index (κ3) is 12.5. The second-order valence-corrected chi connectivity index (χ2v) is 10.5. The molecule has 3 aromatic rings. The standard InChI is InChI=1S/C30H29Cl2F3N4O7/c1-18-6-5-9-25(37-18)36-10-11-45-29(43)39-24(17-44-16-19-7-3-2-4-8-19)27(41)38-23(20-12-21(31)14-22(32)13-20)15-26(40)46-28(42)30(33,34)35/h2-9,12-14,23-24H,10-11,15-17H2,1H3,(H,36,37)(H,38,41)(H,39,43). The van der Waals surface area contributed by atoms with Crippen molar-refractivity contribution in [1.29, 1.82) is 0 Å². The average Bonchev–Trinajstić information content (AvgIpc) is 2.98. The lowest BCUT2D eigenvalue weighted by Crippen LogP contribution is -2.50. The number of benzene rings is 2. The lowest BCUT2D eigenvalue weighted by molar-refractivity contribution is -0.202. The molecule has 16 heteroatoms. The number of nitrogens with zero attached hydrogens (tertiary/aromatic N) is 1. The van der Waals surface area contributed by atoms with E-state index in [1.165, 1.54) is 18.2 Å². The molecule has 0 bridgehead atoms. The van der Waals surface area contributed by atoms with Crippen LogP contribution in [0, 0.1) is 6.92 Å². The number of rotatable bonds is 14. The van der Waals surface area contributed by atoms with Gasteiger partial charge in [-0.3, -0.25) is 9.59 Å². The zero-order valence-electron chi connectivity index (χ0n) is 24.2. The molecule has 2 atom stereocenters. The molecule has 0 fully saturated rings. The highest BCUT2D eigenvalue weighted by Gasteiger charge is 2.42. The predicted molar refractivity (Wildman–Crippen MR) is 161 cm³/mol. The van der Waals surface area contributed by atoms with Crippen LogP contribution in [0.25, 0.3) is 0 Å². The third-order valence-corrected chi connectivity index (χ3v) is 6.38. The molecule has 2 aromatic carbocycles. The maximum Gasteiger partial charge on any atom is 0.491 e. The third-order valence-electron chi connectivity index (χ3n) is 5.95. The summed E-state index contributed by atoms with van der Waals surface area (Å²) in [5, 5.41) is 7.99. The number of ether oxygens (including phenoxy) is 3. The Morgan fingerprint density at radius 1 is 0.935 bits per heavy atom. The number of halogens is 5. The van der Waals surface area contributed by atoms with Gasteiger partial charge in [0, 0.05) is 15.7 Å². The molecule has 2 unspecified atom stereocenters. The van der Waals surface area contributed by atoms with Gasteiger partial charge in [-0.25, -0.2) is 14.6 Å². The van der Waals surface area contributed by atoms with Crippen molar-refractivity contribution < 1.29 is 46.6 Å². The largest absolute Gasteiger partial charge is 0.491 e. The van der Waals surface area contributed by atoms with Gasteiger partial charge < -0.3 is 30.2 Å². The van der Waals surface area contributed by atoms with Crippen molar-refractivity contribution in [2.45, 2.75) is 38.2 Å². The molecular formula is C30H29Cl2F3N4O7. The fraction of sp³-hybridized carbons (Fsp3) is 0.300. The minimum atomic E-state index is -5.43. The topological polar surface area (TPSA) is 145 Å². The first kappa shape index (κ1) is 36.1. The number of hydrogen-bond acceptors (Lipinski definition) is 9. The number of nitrogens with one attached hydrogen (secondary N) is 3. The Bertz CT molecular complexity index is 1490. The lowest BCUT2D eigenvalue weighted by atomic mass is 10.0. The van der Waals surface area contributed by atoms with Crippen molar-refractivity contribution >= 4 is 53.0 Å². The summed E-state index contributed by atoms with van der Waals surface area (Å²) in [6.45, 7) is 1.59. The van der Waals surface area contributed by atoms with E-state index in [1.54, 1.807) is 42.5 Å². The number of carbonyl (C=O) groups excluding carboxylic acids is 4. The van der Waals surface area contributed by atoms with Crippen LogP contribution in [0.3, 0.4) is 0 Å². The van der Waals surface area contributed by atoms with Crippen molar-refractivity contribution in [3.05, 3.63) is 93.6 Å². The van der Waals surface area contributed by atoms with Gasteiger partial charge in [-0.15, -0.1) is 0 Å². The van der Waals surface area contributed by atoms with E-state index < -0.39 is 48.6 Å². The highest BCUT2D eigenvalue weighted by molar-refractivity contribution is 6.34. The van der Waals surface area contributed by atoms with Crippen molar-refractivity contribution in [3.8, 4) is 0 Å². The van der Waals surface area contributed by atoms with Crippen LogP contribution in [-0.4, -0.2) is 60.9 Å². The Morgan fingerprint density at radius 2 is 1.63 bits per heavy atom. The molecule has 1 heterocycles. The minimum absolute atomic E-state index is 0.0635. The fourth-order valence-corrected chi connectivity index (χ4v) is 4.41. The van der Waals surface area contributed by atoms with Crippen LogP contribution in [-0.2, 0) is 35.2 Å². The van der Waals surface area contributed by atoms with Gasteiger partial charge in [0.25, 0.3) is 0 Å². The quantitative estimate of drug-likeness (QED) is 0.117. The Labute approximate surface area is 271 Å². The molecule has 0 saturated heterocycles. The first-order chi connectivity index (χ1) is 21.8. The van der Waals surface area contributed by atoms with Crippen molar-refractivity contribution in [2.24, 2.45) is 0 Å². The molecule has 11 nitrogen and oxygen atoms in total. The number of carbonyl (C=O) groups is 4. The van der Waals surface area contributed by atoms with E-state index in [4.69, 9.17) is 32.7 Å². The van der Waals surface area contributed by atoms with Gasteiger partial charge in [-0.05, 0) is 48.4 Å². The van der Waals surface area contributed by atoms with E-state index in [-0.39, 0.29) is 42.0 Å². The van der Waals surface area contributed by atoms with Gasteiger partial charge in [0.05, 0.1) is 32.2 Å². The van der Waals surface area contributed by atoms with Crippen LogP contribution < -0.4 is 16.0 Å². The lowest BCUT2D eigenvalue weighted by Gasteiger charge is -2.24. The van der Waals surface area contributed by atoms with Crippen LogP contribution in [0.4, 0.5) is 23.8 Å². The number of aromatic nitrogens is 1. The van der Waals surface area contributed by atoms with E-state index in [2.05, 4.69) is 25.7 Å². The summed E-state index contributed by atoms with van der Waals surface area (Å²) in [6, 6.07) is 15.4. The molecule has 0 aliphatic carbocycles. The normalized spacial score (nSPS) is 12.4. The monoisotopic (exact) mass is 684 g/mol. The van der Waals surface area contributed by atoms with Gasteiger partial charge in [0.15, 0.2) is 0 Å². The second kappa shape index (κ2) is 17.3. The number of alkyl carbamates (subject to hydrolysis) is 1. The van der Waals surface area contributed by atoms with Crippen LogP contribution in [0.2, 0.25) is 10.0 Å². The Hall–Kier alpha value is -4.40. The van der Waals surface area contributed by atoms with Gasteiger partial charge in [0.2, 0.25) is 5.91 Å². The zero-order valence-corrected chi connectivity index (χ0v) is 25.7. The van der Waals surface area contributed by atoms with E-state index in [9.17, 15) is 32.3 Å². The van der Waals surface area contributed by atoms with E-state index >= 15 is 0 Å². The number of alkyl halides is 3. The summed E-state index contributed by atoms with van der Waals surface area (Å²) in [5.41, 5.74) is 1.65. The van der Waals surface area contributed by atoms with Crippen LogP contribution in [0.1, 0.15) is 29.3 Å². The molecule has 3 N–H and O–H groups in total. The number of hydrogen-bond donors (Lipinski definition) is 3. The van der Waals surface area contributed by atoms with Gasteiger partial charge >= 0.3 is 24.2 Å². The summed E-state index contributed by atoms with van der Waals surface area (Å²) in [4.78, 5) is 53.8. The Balaban J connectivity index is 1.72. The van der Waals surface area contributed by atoms with Gasteiger partial charge in [-0.1, -0.05) is 59.6 Å². The van der Waals surface area contributed by atoms with E-state index in [1.807, 2.05) is 13.0 Å². The molecule has 1 aromatic heterocycles. The van der Waals surface area contributed by atoms with E-state index in [0.29, 0.717) is 5.82 Å². The average molecular weight is 685 g/mol. The smallest absolute Gasteiger partial charge is 0.448 e. The van der Waals surface area contributed by atoms with Crippen molar-refractivity contribution in [1.82, 2.24) is 15.6 Å². The summed E-state index contributed by atoms with van der Waals surface area (Å²) in [7, 11) is 0. The van der Waals surface area contributed by atoms with Crippen LogP contribution in [0.5, 0.6) is 0 Å². The molecule has 0 aliphatic rings. The zero-order chi connectivity index (χ0) is 33.7. The Kier molecular flexibility index (Phi) is 13.6. The first-order valence-electron chi connectivity index (χ1n) is 13.6. The molecule has 0 radical (unpaired) electrons. The van der Waals surface area contributed by atoms with Gasteiger partial charge in [0.1, 0.15) is 18.5 Å². The maximum absolute atomic E-state index is 13.4. The second-order valence-electron chi connectivity index (χ2n) is 9.65. The molecule has 3 rings (SSSR count). The number of amides is 2. The fourth-order valence-electron chi connectivity index (χ4n) is 3.87. The highest BCUT2D eigenvalue weighted by Crippen LogP contribution is 2.27. The molecule has 0 aliphatic heterocycles. The number of esters is 2. The summed E-state index contributed by atoms with van der Waals surface area (Å²) >= 11 is 12.1. The summed E-state index contributed by atoms with van der Waals surface area (Å²) in [5.74, 6) is -4.67. The van der Waals surface area contributed by atoms with Crippen molar-refractivity contribution in [2.75, 3.05) is 25.1 Å². The molecule has 2 amide bonds. The van der Waals surface area contributed by atoms with E-state index in [0.717, 1.165) is 11.3 Å². The predicted octanol–water partition coefficient (Wildman–Crippen LogP) is 5.30.